The molecule has 1 atom stereocenters. The highest BCUT2D eigenvalue weighted by molar-refractivity contribution is 5.75. The van der Waals surface area contributed by atoms with E-state index in [1.807, 2.05) is 0 Å². The highest BCUT2D eigenvalue weighted by Gasteiger charge is 2.25. The Morgan fingerprint density at radius 2 is 1.86 bits per heavy atom. The van der Waals surface area contributed by atoms with Gasteiger partial charge >= 0.3 is 0 Å². The summed E-state index contributed by atoms with van der Waals surface area (Å²) in [6, 6.07) is 14.1. The predicted molar refractivity (Wildman–Crippen MR) is 95.8 cm³/mol. The maximum Gasteiger partial charge on any atom is 0.0611 e. The van der Waals surface area contributed by atoms with Crippen molar-refractivity contribution in [3.05, 3.63) is 58.7 Å². The third-order valence-corrected chi connectivity index (χ3v) is 4.80. The van der Waals surface area contributed by atoms with Crippen molar-refractivity contribution < 1.29 is 0 Å². The van der Waals surface area contributed by atoms with E-state index in [1.54, 1.807) is 0 Å². The minimum absolute atomic E-state index is 0.551. The molecule has 0 aromatic heterocycles. The van der Waals surface area contributed by atoms with Crippen molar-refractivity contribution in [3.8, 4) is 0 Å². The highest BCUT2D eigenvalue weighted by atomic mass is 15.2. The van der Waals surface area contributed by atoms with Crippen molar-refractivity contribution in [3.63, 3.8) is 0 Å². The largest absolute Gasteiger partial charge is 0.381 e. The molecule has 2 heteroatoms. The molecule has 0 spiro atoms. The second-order valence-corrected chi connectivity index (χ2v) is 6.51. The van der Waals surface area contributed by atoms with E-state index in [0.29, 0.717) is 6.04 Å². The molecule has 1 heterocycles. The van der Waals surface area contributed by atoms with Gasteiger partial charge in [0.2, 0.25) is 0 Å². The number of benzene rings is 2. The molecule has 0 aliphatic carbocycles. The summed E-state index contributed by atoms with van der Waals surface area (Å²) < 4.78 is 0. The SMILES string of the molecule is CCC1CNc2cc(C)c(C)cc2N1Cc1cccc(C)c1. The summed E-state index contributed by atoms with van der Waals surface area (Å²) in [5.41, 5.74) is 8.08. The lowest BCUT2D eigenvalue weighted by Crippen LogP contribution is -2.43. The van der Waals surface area contributed by atoms with Crippen molar-refractivity contribution in [1.82, 2.24) is 0 Å². The van der Waals surface area contributed by atoms with Gasteiger partial charge in [0.1, 0.15) is 0 Å². The number of fused-ring (bicyclic) bond motifs is 1. The fourth-order valence-electron chi connectivity index (χ4n) is 3.30. The molecular formula is C20H26N2. The molecule has 0 saturated carbocycles. The summed E-state index contributed by atoms with van der Waals surface area (Å²) in [6.45, 7) is 10.8. The zero-order chi connectivity index (χ0) is 15.7. The van der Waals surface area contributed by atoms with Crippen molar-refractivity contribution in [2.24, 2.45) is 0 Å². The Bertz CT molecular complexity index is 675. The molecule has 0 bridgehead atoms. The van der Waals surface area contributed by atoms with Crippen LogP contribution in [0.3, 0.4) is 0 Å². The van der Waals surface area contributed by atoms with Crippen LogP contribution < -0.4 is 10.2 Å². The molecule has 1 unspecified atom stereocenters. The van der Waals surface area contributed by atoms with Crippen LogP contribution in [0.2, 0.25) is 0 Å². The van der Waals surface area contributed by atoms with Crippen LogP contribution in [0.25, 0.3) is 0 Å². The van der Waals surface area contributed by atoms with Gasteiger partial charge < -0.3 is 10.2 Å². The van der Waals surface area contributed by atoms with Crippen LogP contribution in [0.1, 0.15) is 35.6 Å². The van der Waals surface area contributed by atoms with Gasteiger partial charge in [0.05, 0.1) is 11.4 Å². The monoisotopic (exact) mass is 294 g/mol. The average Bonchev–Trinajstić information content (AvgIpc) is 2.49. The summed E-state index contributed by atoms with van der Waals surface area (Å²) in [4.78, 5) is 2.58. The van der Waals surface area contributed by atoms with E-state index in [2.05, 4.69) is 74.3 Å². The molecule has 1 aliphatic rings. The number of nitrogens with one attached hydrogen (secondary N) is 1. The van der Waals surface area contributed by atoms with Gasteiger partial charge in [-0.1, -0.05) is 36.8 Å². The summed E-state index contributed by atoms with van der Waals surface area (Å²) in [6.07, 6.45) is 1.16. The van der Waals surface area contributed by atoms with Crippen LogP contribution in [-0.4, -0.2) is 12.6 Å². The molecule has 0 fully saturated rings. The Morgan fingerprint density at radius 1 is 1.09 bits per heavy atom. The molecule has 1 N–H and O–H groups in total. The van der Waals surface area contributed by atoms with Gasteiger partial charge in [-0.2, -0.15) is 0 Å². The molecule has 2 aromatic carbocycles. The topological polar surface area (TPSA) is 15.3 Å². The van der Waals surface area contributed by atoms with Crippen LogP contribution in [0, 0.1) is 20.8 Å². The second kappa shape index (κ2) is 6.04. The normalized spacial score (nSPS) is 17.1. The van der Waals surface area contributed by atoms with Crippen LogP contribution >= 0.6 is 0 Å². The van der Waals surface area contributed by atoms with Crippen LogP contribution in [0.5, 0.6) is 0 Å². The quantitative estimate of drug-likeness (QED) is 0.873. The third-order valence-electron chi connectivity index (χ3n) is 4.80. The van der Waals surface area contributed by atoms with E-state index in [-0.39, 0.29) is 0 Å². The Morgan fingerprint density at radius 3 is 2.59 bits per heavy atom. The minimum atomic E-state index is 0.551. The van der Waals surface area contributed by atoms with Gasteiger partial charge in [-0.05, 0) is 56.0 Å². The van der Waals surface area contributed by atoms with E-state index in [1.165, 1.54) is 33.6 Å². The first-order chi connectivity index (χ1) is 10.6. The molecule has 2 nitrogen and oxygen atoms in total. The molecule has 3 rings (SSSR count). The smallest absolute Gasteiger partial charge is 0.0611 e. The van der Waals surface area contributed by atoms with Gasteiger partial charge in [0, 0.05) is 19.1 Å². The Hall–Kier alpha value is -1.96. The van der Waals surface area contributed by atoms with Crippen LogP contribution in [0.15, 0.2) is 36.4 Å². The maximum absolute atomic E-state index is 3.62. The van der Waals surface area contributed by atoms with E-state index in [0.717, 1.165) is 19.5 Å². The number of rotatable bonds is 3. The Kier molecular flexibility index (Phi) is 4.10. The Labute approximate surface area is 134 Å². The van der Waals surface area contributed by atoms with Gasteiger partial charge in [-0.25, -0.2) is 0 Å². The first kappa shape index (κ1) is 15.0. The molecule has 0 saturated heterocycles. The van der Waals surface area contributed by atoms with Crippen molar-refractivity contribution in [1.29, 1.82) is 0 Å². The lowest BCUT2D eigenvalue weighted by molar-refractivity contribution is 0.580. The van der Waals surface area contributed by atoms with Crippen LogP contribution in [-0.2, 0) is 6.54 Å². The third kappa shape index (κ3) is 2.83. The number of nitrogens with zero attached hydrogens (tertiary/aromatic N) is 1. The molecule has 116 valence electrons. The number of hydrogen-bond acceptors (Lipinski definition) is 2. The summed E-state index contributed by atoms with van der Waals surface area (Å²) >= 11 is 0. The molecular weight excluding hydrogens is 268 g/mol. The molecule has 0 radical (unpaired) electrons. The second-order valence-electron chi connectivity index (χ2n) is 6.51. The molecule has 1 aliphatic heterocycles. The Balaban J connectivity index is 1.99. The van der Waals surface area contributed by atoms with E-state index >= 15 is 0 Å². The van der Waals surface area contributed by atoms with Gasteiger partial charge in [0.25, 0.3) is 0 Å². The summed E-state index contributed by atoms with van der Waals surface area (Å²) in [7, 11) is 0. The lowest BCUT2D eigenvalue weighted by atomic mass is 10.0. The predicted octanol–water partition coefficient (Wildman–Crippen LogP) is 4.82. The average molecular weight is 294 g/mol. The molecule has 0 amide bonds. The van der Waals surface area contributed by atoms with Crippen molar-refractivity contribution in [2.45, 2.75) is 46.7 Å². The summed E-state index contributed by atoms with van der Waals surface area (Å²) in [5.74, 6) is 0. The molecule has 22 heavy (non-hydrogen) atoms. The van der Waals surface area contributed by atoms with Gasteiger partial charge in [-0.3, -0.25) is 0 Å². The summed E-state index contributed by atoms with van der Waals surface area (Å²) in [5, 5.41) is 3.62. The van der Waals surface area contributed by atoms with Crippen LogP contribution in [0.4, 0.5) is 11.4 Å². The first-order valence-electron chi connectivity index (χ1n) is 8.25. The first-order valence-corrected chi connectivity index (χ1v) is 8.25. The fraction of sp³-hybridized carbons (Fsp3) is 0.400. The zero-order valence-electron chi connectivity index (χ0n) is 14.1. The maximum atomic E-state index is 3.62. The standard InChI is InChI=1S/C20H26N2/c1-5-18-12-21-19-10-15(3)16(4)11-20(19)22(18)13-17-8-6-7-14(2)9-17/h6-11,18,21H,5,12-13H2,1-4H3. The van der Waals surface area contributed by atoms with Crippen molar-refractivity contribution >= 4 is 11.4 Å². The lowest BCUT2D eigenvalue weighted by Gasteiger charge is -2.40. The number of aryl methyl sites for hydroxylation is 3. The zero-order valence-corrected chi connectivity index (χ0v) is 14.1. The minimum Gasteiger partial charge on any atom is -0.381 e. The highest BCUT2D eigenvalue weighted by Crippen LogP contribution is 2.35. The van der Waals surface area contributed by atoms with E-state index in [9.17, 15) is 0 Å². The number of hydrogen-bond donors (Lipinski definition) is 1. The van der Waals surface area contributed by atoms with E-state index < -0.39 is 0 Å². The fourth-order valence-corrected chi connectivity index (χ4v) is 3.30. The van der Waals surface area contributed by atoms with Crippen molar-refractivity contribution in [2.75, 3.05) is 16.8 Å². The van der Waals surface area contributed by atoms with E-state index in [4.69, 9.17) is 0 Å². The van der Waals surface area contributed by atoms with Gasteiger partial charge in [-0.15, -0.1) is 0 Å². The van der Waals surface area contributed by atoms with Gasteiger partial charge in [0.15, 0.2) is 0 Å². The number of anilines is 2. The molecule has 2 aromatic rings.